The topological polar surface area (TPSA) is 48.1 Å². The lowest BCUT2D eigenvalue weighted by molar-refractivity contribution is -0.132. The average molecular weight is 389 g/mol. The molecule has 0 aromatic heterocycles. The van der Waals surface area contributed by atoms with Gasteiger partial charge in [0.15, 0.2) is 0 Å². The number of benzene rings is 1. The van der Waals surface area contributed by atoms with E-state index in [1.54, 1.807) is 0 Å². The SMILES string of the molecule is CCCCN1CCOCC1C(=O)NCCN1CCN(Cc2ccccc2)CC1. The van der Waals surface area contributed by atoms with Crippen LogP contribution in [0.3, 0.4) is 0 Å². The third-order valence-corrected chi connectivity index (χ3v) is 5.78. The highest BCUT2D eigenvalue weighted by Crippen LogP contribution is 2.10. The second-order valence-corrected chi connectivity index (χ2v) is 7.87. The Morgan fingerprint density at radius 3 is 2.57 bits per heavy atom. The molecule has 0 spiro atoms. The van der Waals surface area contributed by atoms with Crippen molar-refractivity contribution in [2.24, 2.45) is 0 Å². The molecule has 2 saturated heterocycles. The third kappa shape index (κ3) is 6.55. The molecule has 0 aliphatic carbocycles. The van der Waals surface area contributed by atoms with E-state index in [1.807, 2.05) is 0 Å². The lowest BCUT2D eigenvalue weighted by Crippen LogP contribution is -2.55. The summed E-state index contributed by atoms with van der Waals surface area (Å²) >= 11 is 0. The van der Waals surface area contributed by atoms with E-state index in [9.17, 15) is 4.79 Å². The summed E-state index contributed by atoms with van der Waals surface area (Å²) in [6.45, 7) is 12.3. The summed E-state index contributed by atoms with van der Waals surface area (Å²) in [5.41, 5.74) is 1.38. The molecule has 2 aliphatic rings. The summed E-state index contributed by atoms with van der Waals surface area (Å²) in [6.07, 6.45) is 2.29. The molecular formula is C22H36N4O2. The van der Waals surface area contributed by atoms with Crippen molar-refractivity contribution >= 4 is 5.91 Å². The zero-order valence-electron chi connectivity index (χ0n) is 17.3. The van der Waals surface area contributed by atoms with E-state index >= 15 is 0 Å². The number of amides is 1. The average Bonchev–Trinajstić information content (AvgIpc) is 2.74. The summed E-state index contributed by atoms with van der Waals surface area (Å²) < 4.78 is 5.55. The lowest BCUT2D eigenvalue weighted by Gasteiger charge is -2.36. The van der Waals surface area contributed by atoms with Crippen LogP contribution in [0.15, 0.2) is 30.3 Å². The van der Waals surface area contributed by atoms with Gasteiger partial charge in [0.2, 0.25) is 5.91 Å². The van der Waals surface area contributed by atoms with Crippen LogP contribution in [0.25, 0.3) is 0 Å². The second-order valence-electron chi connectivity index (χ2n) is 7.87. The van der Waals surface area contributed by atoms with Crippen molar-refractivity contribution in [3.8, 4) is 0 Å². The van der Waals surface area contributed by atoms with E-state index in [2.05, 4.69) is 57.3 Å². The van der Waals surface area contributed by atoms with Crippen molar-refractivity contribution in [2.75, 3.05) is 65.6 Å². The van der Waals surface area contributed by atoms with E-state index in [0.29, 0.717) is 6.61 Å². The molecule has 0 radical (unpaired) electrons. The molecular weight excluding hydrogens is 352 g/mol. The molecule has 156 valence electrons. The van der Waals surface area contributed by atoms with Gasteiger partial charge >= 0.3 is 0 Å². The number of rotatable bonds is 9. The molecule has 2 fully saturated rings. The number of carbonyl (C=O) groups is 1. The highest BCUT2D eigenvalue weighted by atomic mass is 16.5. The van der Waals surface area contributed by atoms with Crippen molar-refractivity contribution in [1.29, 1.82) is 0 Å². The molecule has 1 aromatic rings. The van der Waals surface area contributed by atoms with E-state index in [-0.39, 0.29) is 11.9 Å². The minimum atomic E-state index is -0.122. The highest BCUT2D eigenvalue weighted by Gasteiger charge is 2.28. The molecule has 1 aromatic carbocycles. The predicted molar refractivity (Wildman–Crippen MR) is 112 cm³/mol. The number of carbonyl (C=O) groups excluding carboxylic acids is 1. The van der Waals surface area contributed by atoms with E-state index < -0.39 is 0 Å². The van der Waals surface area contributed by atoms with Gasteiger partial charge in [-0.25, -0.2) is 0 Å². The van der Waals surface area contributed by atoms with Crippen molar-refractivity contribution in [3.63, 3.8) is 0 Å². The second kappa shape index (κ2) is 11.5. The van der Waals surface area contributed by atoms with Crippen LogP contribution in [0.1, 0.15) is 25.3 Å². The van der Waals surface area contributed by atoms with E-state index in [0.717, 1.165) is 78.4 Å². The first-order chi connectivity index (χ1) is 13.8. The van der Waals surface area contributed by atoms with Crippen molar-refractivity contribution in [3.05, 3.63) is 35.9 Å². The summed E-state index contributed by atoms with van der Waals surface area (Å²) in [5.74, 6) is 0.124. The Labute approximate surface area is 169 Å². The molecule has 0 saturated carbocycles. The highest BCUT2D eigenvalue weighted by molar-refractivity contribution is 5.82. The van der Waals surface area contributed by atoms with Crippen LogP contribution in [0, 0.1) is 0 Å². The lowest BCUT2D eigenvalue weighted by atomic mass is 10.2. The number of unbranched alkanes of at least 4 members (excludes halogenated alkanes) is 1. The van der Waals surface area contributed by atoms with Crippen molar-refractivity contribution < 1.29 is 9.53 Å². The predicted octanol–water partition coefficient (Wildman–Crippen LogP) is 1.42. The maximum Gasteiger partial charge on any atom is 0.239 e. The maximum absolute atomic E-state index is 12.6. The summed E-state index contributed by atoms with van der Waals surface area (Å²) in [7, 11) is 0. The molecule has 2 aliphatic heterocycles. The zero-order chi connectivity index (χ0) is 19.6. The van der Waals surface area contributed by atoms with Crippen LogP contribution in [-0.2, 0) is 16.1 Å². The van der Waals surface area contributed by atoms with Crippen LogP contribution in [0.4, 0.5) is 0 Å². The first-order valence-corrected chi connectivity index (χ1v) is 10.8. The van der Waals surface area contributed by atoms with Crippen LogP contribution < -0.4 is 5.32 Å². The van der Waals surface area contributed by atoms with Crippen molar-refractivity contribution in [1.82, 2.24) is 20.0 Å². The number of ether oxygens (including phenoxy) is 1. The molecule has 1 amide bonds. The Hall–Kier alpha value is -1.47. The van der Waals surface area contributed by atoms with Gasteiger partial charge in [-0.05, 0) is 18.5 Å². The minimum Gasteiger partial charge on any atom is -0.378 e. The number of hydrogen-bond donors (Lipinski definition) is 1. The quantitative estimate of drug-likeness (QED) is 0.693. The van der Waals surface area contributed by atoms with Crippen LogP contribution >= 0.6 is 0 Å². The first kappa shape index (κ1) is 21.2. The first-order valence-electron chi connectivity index (χ1n) is 10.8. The Morgan fingerprint density at radius 2 is 1.82 bits per heavy atom. The van der Waals surface area contributed by atoms with Gasteiger partial charge < -0.3 is 10.1 Å². The number of morpholine rings is 1. The van der Waals surface area contributed by atoms with E-state index in [1.165, 1.54) is 5.56 Å². The number of piperazine rings is 1. The molecule has 28 heavy (non-hydrogen) atoms. The van der Waals surface area contributed by atoms with E-state index in [4.69, 9.17) is 4.74 Å². The fourth-order valence-corrected chi connectivity index (χ4v) is 3.98. The number of hydrogen-bond acceptors (Lipinski definition) is 5. The van der Waals surface area contributed by atoms with Crippen molar-refractivity contribution in [2.45, 2.75) is 32.4 Å². The Balaban J connectivity index is 1.33. The van der Waals surface area contributed by atoms with Gasteiger partial charge in [-0.3, -0.25) is 19.5 Å². The summed E-state index contributed by atoms with van der Waals surface area (Å²) in [5, 5.41) is 3.14. The molecule has 0 bridgehead atoms. The number of nitrogens with zero attached hydrogens (tertiary/aromatic N) is 3. The fourth-order valence-electron chi connectivity index (χ4n) is 3.98. The fraction of sp³-hybridized carbons (Fsp3) is 0.682. The smallest absolute Gasteiger partial charge is 0.239 e. The van der Waals surface area contributed by atoms with Crippen LogP contribution in [0.5, 0.6) is 0 Å². The normalized spacial score (nSPS) is 22.2. The van der Waals surface area contributed by atoms with Gasteiger partial charge in [-0.1, -0.05) is 43.7 Å². The Kier molecular flexibility index (Phi) is 8.73. The van der Waals surface area contributed by atoms with Gasteiger partial charge in [-0.2, -0.15) is 0 Å². The number of nitrogens with one attached hydrogen (secondary N) is 1. The van der Waals surface area contributed by atoms with Gasteiger partial charge in [0.25, 0.3) is 0 Å². The Morgan fingerprint density at radius 1 is 1.07 bits per heavy atom. The van der Waals surface area contributed by atoms with Gasteiger partial charge in [0.1, 0.15) is 6.04 Å². The zero-order valence-corrected chi connectivity index (χ0v) is 17.3. The molecule has 1 unspecified atom stereocenters. The monoisotopic (exact) mass is 388 g/mol. The summed E-state index contributed by atoms with van der Waals surface area (Å²) in [6, 6.07) is 10.5. The minimum absolute atomic E-state index is 0.122. The van der Waals surface area contributed by atoms with Crippen LogP contribution in [0.2, 0.25) is 0 Å². The molecule has 3 rings (SSSR count). The summed E-state index contributed by atoms with van der Waals surface area (Å²) in [4.78, 5) is 19.9. The van der Waals surface area contributed by atoms with Gasteiger partial charge in [0.05, 0.1) is 13.2 Å². The largest absolute Gasteiger partial charge is 0.378 e. The maximum atomic E-state index is 12.6. The molecule has 6 heteroatoms. The van der Waals surface area contributed by atoms with Crippen LogP contribution in [-0.4, -0.2) is 92.2 Å². The molecule has 1 N–H and O–H groups in total. The standard InChI is InChI=1S/C22H36N4O2/c1-2-3-10-26-16-17-28-19-21(26)22(27)23-9-11-24-12-14-25(15-13-24)18-20-7-5-4-6-8-20/h4-8,21H,2-3,9-19H2,1H3,(H,23,27). The molecule has 6 nitrogen and oxygen atoms in total. The van der Waals surface area contributed by atoms with Gasteiger partial charge in [0, 0.05) is 52.4 Å². The molecule has 2 heterocycles. The molecule has 1 atom stereocenters. The van der Waals surface area contributed by atoms with Gasteiger partial charge in [-0.15, -0.1) is 0 Å². The Bertz CT molecular complexity index is 575. The third-order valence-electron chi connectivity index (χ3n) is 5.78.